The van der Waals surface area contributed by atoms with Crippen molar-refractivity contribution in [1.82, 2.24) is 10.1 Å². The minimum atomic E-state index is -0.892. The summed E-state index contributed by atoms with van der Waals surface area (Å²) >= 11 is 0. The number of aliphatic carboxylic acids is 1. The van der Waals surface area contributed by atoms with E-state index in [1.54, 1.807) is 24.3 Å². The van der Waals surface area contributed by atoms with E-state index in [9.17, 15) is 4.79 Å². The van der Waals surface area contributed by atoms with Crippen LogP contribution in [0.25, 0.3) is 0 Å². The van der Waals surface area contributed by atoms with Crippen LogP contribution in [0.2, 0.25) is 0 Å². The van der Waals surface area contributed by atoms with Crippen molar-refractivity contribution >= 4 is 5.97 Å². The van der Waals surface area contributed by atoms with E-state index in [0.29, 0.717) is 28.9 Å². The molecule has 0 aliphatic heterocycles. The van der Waals surface area contributed by atoms with Gasteiger partial charge in [0.25, 0.3) is 0 Å². The number of nitrogens with zero attached hydrogens (tertiary/aromatic N) is 2. The molecule has 0 atom stereocenters. The van der Waals surface area contributed by atoms with Gasteiger partial charge in [-0.2, -0.15) is 4.98 Å². The quantitative estimate of drug-likeness (QED) is 0.868. The molecule has 1 saturated carbocycles. The van der Waals surface area contributed by atoms with Gasteiger partial charge in [-0.1, -0.05) is 23.4 Å². The first-order chi connectivity index (χ1) is 9.72. The molecule has 0 amide bonds. The second kappa shape index (κ2) is 5.32. The van der Waals surface area contributed by atoms with Gasteiger partial charge >= 0.3 is 5.97 Å². The van der Waals surface area contributed by atoms with E-state index in [4.69, 9.17) is 14.4 Å². The minimum absolute atomic E-state index is 0.0737. The van der Waals surface area contributed by atoms with E-state index in [-0.39, 0.29) is 13.0 Å². The molecule has 20 heavy (non-hydrogen) atoms. The summed E-state index contributed by atoms with van der Waals surface area (Å²) in [5.41, 5.74) is 0.630. The molecule has 1 heterocycles. The molecule has 2 aromatic rings. The van der Waals surface area contributed by atoms with E-state index in [2.05, 4.69) is 10.1 Å². The predicted molar refractivity (Wildman–Crippen MR) is 68.4 cm³/mol. The second-order valence-corrected chi connectivity index (χ2v) is 4.79. The highest BCUT2D eigenvalue weighted by Gasteiger charge is 2.29. The standard InChI is InChI=1S/C14H14N2O4/c17-13(18)7-10-3-1-2-4-11(10)19-8-12-15-14(20-16-12)9-5-6-9/h1-4,9H,5-8H2,(H,17,18). The third kappa shape index (κ3) is 2.96. The zero-order valence-corrected chi connectivity index (χ0v) is 10.8. The van der Waals surface area contributed by atoms with Crippen molar-refractivity contribution in [2.24, 2.45) is 0 Å². The molecule has 6 heteroatoms. The van der Waals surface area contributed by atoms with Crippen LogP contribution in [0.3, 0.4) is 0 Å². The van der Waals surface area contributed by atoms with Crippen molar-refractivity contribution in [2.75, 3.05) is 0 Å². The summed E-state index contributed by atoms with van der Waals surface area (Å²) in [6.45, 7) is 0.173. The first-order valence-electron chi connectivity index (χ1n) is 6.47. The fraction of sp³-hybridized carbons (Fsp3) is 0.357. The minimum Gasteiger partial charge on any atom is -0.485 e. The summed E-state index contributed by atoms with van der Waals surface area (Å²) < 4.78 is 10.7. The Morgan fingerprint density at radius 1 is 1.40 bits per heavy atom. The van der Waals surface area contributed by atoms with Gasteiger partial charge in [0, 0.05) is 11.5 Å². The van der Waals surface area contributed by atoms with Crippen LogP contribution >= 0.6 is 0 Å². The Morgan fingerprint density at radius 3 is 2.95 bits per heavy atom. The predicted octanol–water partition coefficient (Wildman–Crippen LogP) is 2.15. The molecule has 0 saturated heterocycles. The Labute approximate surface area is 115 Å². The molecule has 1 N–H and O–H groups in total. The van der Waals surface area contributed by atoms with Crippen LogP contribution in [-0.2, 0) is 17.8 Å². The fourth-order valence-electron chi connectivity index (χ4n) is 1.92. The molecule has 0 unspecified atom stereocenters. The van der Waals surface area contributed by atoms with E-state index in [0.717, 1.165) is 12.8 Å². The number of carboxylic acids is 1. The fourth-order valence-corrected chi connectivity index (χ4v) is 1.92. The smallest absolute Gasteiger partial charge is 0.307 e. The molecule has 1 fully saturated rings. The monoisotopic (exact) mass is 274 g/mol. The topological polar surface area (TPSA) is 85.5 Å². The van der Waals surface area contributed by atoms with Gasteiger partial charge in [-0.25, -0.2) is 0 Å². The lowest BCUT2D eigenvalue weighted by atomic mass is 10.1. The molecular formula is C14H14N2O4. The molecule has 104 valence electrons. The number of hydrogen-bond acceptors (Lipinski definition) is 5. The molecular weight excluding hydrogens is 260 g/mol. The van der Waals surface area contributed by atoms with E-state index < -0.39 is 5.97 Å². The van der Waals surface area contributed by atoms with Gasteiger partial charge in [-0.05, 0) is 18.9 Å². The van der Waals surface area contributed by atoms with Gasteiger partial charge < -0.3 is 14.4 Å². The SMILES string of the molecule is O=C(O)Cc1ccccc1OCc1noc(C2CC2)n1. The van der Waals surface area contributed by atoms with Gasteiger partial charge in [0.2, 0.25) is 11.7 Å². The number of carbonyl (C=O) groups is 1. The Morgan fingerprint density at radius 2 is 2.20 bits per heavy atom. The Bertz CT molecular complexity index is 619. The number of para-hydroxylation sites is 1. The van der Waals surface area contributed by atoms with Crippen LogP contribution in [0.15, 0.2) is 28.8 Å². The lowest BCUT2D eigenvalue weighted by Crippen LogP contribution is -2.04. The third-order valence-corrected chi connectivity index (χ3v) is 3.08. The molecule has 1 aromatic heterocycles. The highest BCUT2D eigenvalue weighted by molar-refractivity contribution is 5.71. The Hall–Kier alpha value is -2.37. The zero-order valence-electron chi connectivity index (χ0n) is 10.8. The van der Waals surface area contributed by atoms with Gasteiger partial charge in [0.1, 0.15) is 5.75 Å². The summed E-state index contributed by atoms with van der Waals surface area (Å²) in [4.78, 5) is 15.0. The normalized spacial score (nSPS) is 14.2. The van der Waals surface area contributed by atoms with E-state index in [1.165, 1.54) is 0 Å². The highest BCUT2D eigenvalue weighted by Crippen LogP contribution is 2.38. The Balaban J connectivity index is 1.66. The first kappa shape index (κ1) is 12.7. The highest BCUT2D eigenvalue weighted by atomic mass is 16.5. The first-order valence-corrected chi connectivity index (χ1v) is 6.47. The number of rotatable bonds is 6. The molecule has 6 nitrogen and oxygen atoms in total. The van der Waals surface area contributed by atoms with Crippen molar-refractivity contribution < 1.29 is 19.2 Å². The molecule has 1 aliphatic carbocycles. The Kier molecular flexibility index (Phi) is 3.37. The number of carboxylic acid groups (broad SMARTS) is 1. The summed E-state index contributed by atoms with van der Waals surface area (Å²) in [6, 6.07) is 7.05. The van der Waals surface area contributed by atoms with Gasteiger partial charge in [0.15, 0.2) is 6.61 Å². The maximum Gasteiger partial charge on any atom is 0.307 e. The van der Waals surface area contributed by atoms with Crippen LogP contribution in [-0.4, -0.2) is 21.2 Å². The van der Waals surface area contributed by atoms with Crippen molar-refractivity contribution in [3.63, 3.8) is 0 Å². The van der Waals surface area contributed by atoms with Crippen molar-refractivity contribution in [2.45, 2.75) is 31.8 Å². The van der Waals surface area contributed by atoms with Crippen LogP contribution < -0.4 is 4.74 Å². The number of benzene rings is 1. The van der Waals surface area contributed by atoms with E-state index in [1.807, 2.05) is 0 Å². The maximum atomic E-state index is 10.8. The number of ether oxygens (including phenoxy) is 1. The maximum absolute atomic E-state index is 10.8. The van der Waals surface area contributed by atoms with Gasteiger partial charge in [-0.3, -0.25) is 4.79 Å². The van der Waals surface area contributed by atoms with Crippen LogP contribution in [0.5, 0.6) is 5.75 Å². The molecule has 1 aromatic carbocycles. The van der Waals surface area contributed by atoms with Crippen molar-refractivity contribution in [1.29, 1.82) is 0 Å². The van der Waals surface area contributed by atoms with Gasteiger partial charge in [0.05, 0.1) is 6.42 Å². The third-order valence-electron chi connectivity index (χ3n) is 3.08. The zero-order chi connectivity index (χ0) is 13.9. The van der Waals surface area contributed by atoms with Crippen molar-refractivity contribution in [3.8, 4) is 5.75 Å². The summed E-state index contributed by atoms with van der Waals surface area (Å²) in [7, 11) is 0. The summed E-state index contributed by atoms with van der Waals surface area (Å²) in [5.74, 6) is 1.21. The molecule has 0 bridgehead atoms. The van der Waals surface area contributed by atoms with Gasteiger partial charge in [-0.15, -0.1) is 0 Å². The second-order valence-electron chi connectivity index (χ2n) is 4.79. The van der Waals surface area contributed by atoms with Crippen LogP contribution in [0.1, 0.15) is 36.0 Å². The molecule has 0 radical (unpaired) electrons. The molecule has 3 rings (SSSR count). The lowest BCUT2D eigenvalue weighted by molar-refractivity contribution is -0.136. The van der Waals surface area contributed by atoms with Crippen LogP contribution in [0.4, 0.5) is 0 Å². The average Bonchev–Trinajstić information content (AvgIpc) is 3.17. The van der Waals surface area contributed by atoms with Crippen molar-refractivity contribution in [3.05, 3.63) is 41.5 Å². The summed E-state index contributed by atoms with van der Waals surface area (Å²) in [5, 5.41) is 12.7. The van der Waals surface area contributed by atoms with Crippen LogP contribution in [0, 0.1) is 0 Å². The molecule has 0 spiro atoms. The summed E-state index contributed by atoms with van der Waals surface area (Å²) in [6.07, 6.45) is 2.13. The van der Waals surface area contributed by atoms with E-state index >= 15 is 0 Å². The largest absolute Gasteiger partial charge is 0.485 e. The lowest BCUT2D eigenvalue weighted by Gasteiger charge is -2.08. The average molecular weight is 274 g/mol. The number of aromatic nitrogens is 2. The molecule has 1 aliphatic rings. The number of hydrogen-bond donors (Lipinski definition) is 1.